The summed E-state index contributed by atoms with van der Waals surface area (Å²) in [6.07, 6.45) is -0.660. The highest BCUT2D eigenvalue weighted by molar-refractivity contribution is 5.79. The molecule has 27 heavy (non-hydrogen) atoms. The number of pyridine rings is 1. The predicted octanol–water partition coefficient (Wildman–Crippen LogP) is 2.98. The van der Waals surface area contributed by atoms with Crippen LogP contribution in [-0.4, -0.2) is 29.3 Å². The molecule has 0 amide bonds. The molecule has 5 heteroatoms. The van der Waals surface area contributed by atoms with Crippen molar-refractivity contribution in [3.05, 3.63) is 75.1 Å². The Hall–Kier alpha value is -2.63. The Bertz CT molecular complexity index is 995. The van der Waals surface area contributed by atoms with E-state index in [1.165, 1.54) is 5.56 Å². The zero-order valence-corrected chi connectivity index (χ0v) is 16.0. The normalized spacial score (nSPS) is 12.3. The largest absolute Gasteiger partial charge is 0.491 e. The number of aliphatic hydroxyl groups is 1. The first-order valence-electron chi connectivity index (χ1n) is 9.14. The van der Waals surface area contributed by atoms with Gasteiger partial charge >= 0.3 is 0 Å². The number of nitrogens with one attached hydrogen (secondary N) is 2. The zero-order valence-electron chi connectivity index (χ0n) is 16.0. The molecule has 0 radical (unpaired) electrons. The van der Waals surface area contributed by atoms with Crippen molar-refractivity contribution in [1.29, 1.82) is 0 Å². The fourth-order valence-corrected chi connectivity index (χ4v) is 3.08. The second kappa shape index (κ2) is 8.37. The highest BCUT2D eigenvalue weighted by Gasteiger charge is 2.08. The van der Waals surface area contributed by atoms with Crippen LogP contribution in [0.2, 0.25) is 0 Å². The van der Waals surface area contributed by atoms with E-state index < -0.39 is 6.10 Å². The number of aliphatic hydroxyl groups excluding tert-OH is 1. The molecule has 3 rings (SSSR count). The lowest BCUT2D eigenvalue weighted by Crippen LogP contribution is -2.32. The minimum Gasteiger partial charge on any atom is -0.491 e. The van der Waals surface area contributed by atoms with Gasteiger partial charge < -0.3 is 20.1 Å². The fraction of sp³-hybridized carbons (Fsp3) is 0.318. The molecule has 3 N–H and O–H groups in total. The third-order valence-corrected chi connectivity index (χ3v) is 4.53. The molecule has 0 bridgehead atoms. The van der Waals surface area contributed by atoms with Crippen LogP contribution in [0, 0.1) is 20.8 Å². The molecular formula is C22H26N2O3. The molecule has 0 spiro atoms. The number of H-pyrrole nitrogens is 1. The molecule has 0 aliphatic carbocycles. The van der Waals surface area contributed by atoms with E-state index in [2.05, 4.69) is 10.3 Å². The van der Waals surface area contributed by atoms with Crippen molar-refractivity contribution in [3.63, 3.8) is 0 Å². The van der Waals surface area contributed by atoms with Gasteiger partial charge in [0.2, 0.25) is 0 Å². The molecule has 0 saturated carbocycles. The third-order valence-electron chi connectivity index (χ3n) is 4.53. The Kier molecular flexibility index (Phi) is 5.94. The van der Waals surface area contributed by atoms with Crippen LogP contribution in [0.3, 0.4) is 0 Å². The van der Waals surface area contributed by atoms with Crippen LogP contribution in [0.15, 0.2) is 47.3 Å². The van der Waals surface area contributed by atoms with Crippen molar-refractivity contribution in [2.24, 2.45) is 0 Å². The molecule has 0 aliphatic rings. The Labute approximate surface area is 159 Å². The molecular weight excluding hydrogens is 340 g/mol. The van der Waals surface area contributed by atoms with Crippen molar-refractivity contribution >= 4 is 10.9 Å². The van der Waals surface area contributed by atoms with E-state index in [9.17, 15) is 9.90 Å². The van der Waals surface area contributed by atoms with Gasteiger partial charge in [0, 0.05) is 24.2 Å². The summed E-state index contributed by atoms with van der Waals surface area (Å²) in [7, 11) is 0. The molecule has 1 atom stereocenters. The minimum atomic E-state index is -0.660. The van der Waals surface area contributed by atoms with E-state index >= 15 is 0 Å². The number of hydrogen-bond donors (Lipinski definition) is 3. The summed E-state index contributed by atoms with van der Waals surface area (Å²) in [5.41, 5.74) is 4.74. The van der Waals surface area contributed by atoms with E-state index in [4.69, 9.17) is 4.74 Å². The van der Waals surface area contributed by atoms with Gasteiger partial charge in [-0.25, -0.2) is 0 Å². The van der Waals surface area contributed by atoms with Gasteiger partial charge in [0.1, 0.15) is 18.5 Å². The van der Waals surface area contributed by atoms with Gasteiger partial charge in [0.15, 0.2) is 0 Å². The number of aromatic amines is 1. The Morgan fingerprint density at radius 2 is 1.81 bits per heavy atom. The first kappa shape index (κ1) is 19.1. The highest BCUT2D eigenvalue weighted by atomic mass is 16.5. The second-order valence-corrected chi connectivity index (χ2v) is 7.08. The average molecular weight is 366 g/mol. The van der Waals surface area contributed by atoms with Gasteiger partial charge in [-0.3, -0.25) is 4.79 Å². The van der Waals surface area contributed by atoms with E-state index in [0.717, 1.165) is 27.8 Å². The van der Waals surface area contributed by atoms with Crippen molar-refractivity contribution < 1.29 is 9.84 Å². The third kappa shape index (κ3) is 4.96. The van der Waals surface area contributed by atoms with Gasteiger partial charge in [-0.15, -0.1) is 0 Å². The lowest BCUT2D eigenvalue weighted by Gasteiger charge is -2.15. The van der Waals surface area contributed by atoms with Crippen molar-refractivity contribution in [3.8, 4) is 5.75 Å². The molecule has 0 saturated heterocycles. The van der Waals surface area contributed by atoms with E-state index in [-0.39, 0.29) is 12.2 Å². The van der Waals surface area contributed by atoms with Gasteiger partial charge in [-0.1, -0.05) is 29.3 Å². The summed E-state index contributed by atoms with van der Waals surface area (Å²) >= 11 is 0. The molecule has 1 heterocycles. The number of ether oxygens (including phenoxy) is 1. The lowest BCUT2D eigenvalue weighted by atomic mass is 10.1. The van der Waals surface area contributed by atoms with E-state index in [0.29, 0.717) is 18.7 Å². The summed E-state index contributed by atoms with van der Waals surface area (Å²) in [5.74, 6) is 0.779. The quantitative estimate of drug-likeness (QED) is 0.601. The molecule has 5 nitrogen and oxygen atoms in total. The first-order valence-corrected chi connectivity index (χ1v) is 9.14. The number of aromatic nitrogens is 1. The molecule has 0 unspecified atom stereocenters. The smallest absolute Gasteiger partial charge is 0.252 e. The predicted molar refractivity (Wildman–Crippen MR) is 108 cm³/mol. The molecule has 0 aliphatic heterocycles. The van der Waals surface area contributed by atoms with Crippen molar-refractivity contribution in [1.82, 2.24) is 10.3 Å². The van der Waals surface area contributed by atoms with Gasteiger partial charge in [-0.05, 0) is 56.0 Å². The van der Waals surface area contributed by atoms with Crippen molar-refractivity contribution in [2.75, 3.05) is 13.2 Å². The Morgan fingerprint density at radius 1 is 1.07 bits per heavy atom. The summed E-state index contributed by atoms with van der Waals surface area (Å²) in [5, 5.41) is 14.3. The van der Waals surface area contributed by atoms with Crippen molar-refractivity contribution in [2.45, 2.75) is 33.4 Å². The molecule has 142 valence electrons. The maximum absolute atomic E-state index is 12.2. The summed E-state index contributed by atoms with van der Waals surface area (Å²) in [4.78, 5) is 15.1. The average Bonchev–Trinajstić information content (AvgIpc) is 2.62. The van der Waals surface area contributed by atoms with Gasteiger partial charge in [0.05, 0.1) is 0 Å². The van der Waals surface area contributed by atoms with Crippen LogP contribution >= 0.6 is 0 Å². The summed E-state index contributed by atoms with van der Waals surface area (Å²) in [6, 6.07) is 13.8. The first-order chi connectivity index (χ1) is 12.9. The van der Waals surface area contributed by atoms with E-state index in [1.807, 2.05) is 63.2 Å². The number of aryl methyl sites for hydroxylation is 3. The summed E-state index contributed by atoms with van der Waals surface area (Å²) < 4.78 is 5.69. The van der Waals surface area contributed by atoms with Gasteiger partial charge in [0.25, 0.3) is 5.56 Å². The lowest BCUT2D eigenvalue weighted by molar-refractivity contribution is 0.106. The molecule has 2 aromatic carbocycles. The highest BCUT2D eigenvalue weighted by Crippen LogP contribution is 2.18. The molecule has 0 fully saturated rings. The Morgan fingerprint density at radius 3 is 2.59 bits per heavy atom. The van der Waals surface area contributed by atoms with E-state index in [1.54, 1.807) is 0 Å². The van der Waals surface area contributed by atoms with Crippen LogP contribution in [0.4, 0.5) is 0 Å². The van der Waals surface area contributed by atoms with Crippen LogP contribution in [0.25, 0.3) is 10.9 Å². The fourth-order valence-electron chi connectivity index (χ4n) is 3.08. The molecule has 1 aromatic heterocycles. The van der Waals surface area contributed by atoms with Crippen LogP contribution in [0.1, 0.15) is 22.3 Å². The monoisotopic (exact) mass is 366 g/mol. The summed E-state index contributed by atoms with van der Waals surface area (Å²) in [6.45, 7) is 6.97. The minimum absolute atomic E-state index is 0.111. The number of benzene rings is 2. The number of rotatable bonds is 7. The molecule has 3 aromatic rings. The number of hydrogen-bond acceptors (Lipinski definition) is 4. The van der Waals surface area contributed by atoms with Crippen LogP contribution in [-0.2, 0) is 6.54 Å². The topological polar surface area (TPSA) is 74.3 Å². The maximum atomic E-state index is 12.2. The van der Waals surface area contributed by atoms with Crippen LogP contribution in [0.5, 0.6) is 5.75 Å². The maximum Gasteiger partial charge on any atom is 0.252 e. The number of fused-ring (bicyclic) bond motifs is 1. The van der Waals surface area contributed by atoms with Gasteiger partial charge in [-0.2, -0.15) is 0 Å². The standard InChI is InChI=1S/C22H26N2O3/c1-14-5-7-21(16(3)8-14)27-13-19(25)12-23-11-18-10-17-9-15(2)4-6-20(17)24-22(18)26/h4-10,19,23,25H,11-13H2,1-3H3,(H,24,26)/t19-/m1/s1. The second-order valence-electron chi connectivity index (χ2n) is 7.08. The Balaban J connectivity index is 1.53. The SMILES string of the molecule is Cc1ccc(OC[C@H](O)CNCc2cc3cc(C)ccc3[nH]c2=O)c(C)c1. The zero-order chi connectivity index (χ0) is 19.4. The van der Waals surface area contributed by atoms with Crippen LogP contribution < -0.4 is 15.6 Å².